The number of aromatic nitrogens is 1. The normalized spacial score (nSPS) is 13.0. The molecule has 1 aromatic heterocycles. The van der Waals surface area contributed by atoms with E-state index in [2.05, 4.69) is 4.98 Å². The summed E-state index contributed by atoms with van der Waals surface area (Å²) in [6, 6.07) is 0.263. The Balaban J connectivity index is 3.31. The van der Waals surface area contributed by atoms with Gasteiger partial charge in [-0.15, -0.1) is 0 Å². The van der Waals surface area contributed by atoms with E-state index in [1.54, 1.807) is 0 Å². The van der Waals surface area contributed by atoms with Gasteiger partial charge in [-0.3, -0.25) is 4.98 Å². The van der Waals surface area contributed by atoms with Crippen molar-refractivity contribution in [2.24, 2.45) is 0 Å². The second-order valence-corrected chi connectivity index (χ2v) is 2.34. The number of hydrogen-bond acceptors (Lipinski definition) is 1. The molecule has 0 bridgehead atoms. The van der Waals surface area contributed by atoms with Gasteiger partial charge in [0.05, 0.1) is 11.1 Å². The molecule has 77 valence electrons. The highest BCUT2D eigenvalue weighted by molar-refractivity contribution is 5.27. The molecule has 0 aliphatic carbocycles. The first-order valence-electron chi connectivity index (χ1n) is 3.24. The molecule has 0 N–H and O–H groups in total. The largest absolute Gasteiger partial charge is 0.419 e. The molecule has 0 fully saturated rings. The van der Waals surface area contributed by atoms with Gasteiger partial charge in [0.25, 0.3) is 0 Å². The first kappa shape index (κ1) is 10.8. The highest BCUT2D eigenvalue weighted by atomic mass is 19.4. The third-order valence-corrected chi connectivity index (χ3v) is 1.35. The Labute approximate surface area is 74.4 Å². The molecule has 1 nitrogen and oxygen atoms in total. The lowest BCUT2D eigenvalue weighted by molar-refractivity contribution is -0.162. The van der Waals surface area contributed by atoms with Crippen LogP contribution in [0.1, 0.15) is 11.1 Å². The van der Waals surface area contributed by atoms with Crippen LogP contribution >= 0.6 is 0 Å². The zero-order valence-electron chi connectivity index (χ0n) is 6.37. The number of nitrogens with zero attached hydrogens (tertiary/aromatic N) is 1. The average Bonchev–Trinajstić information content (AvgIpc) is 2.01. The maximum atomic E-state index is 12.0. The fourth-order valence-corrected chi connectivity index (χ4v) is 0.809. The molecule has 0 aliphatic rings. The summed E-state index contributed by atoms with van der Waals surface area (Å²) in [5, 5.41) is 0. The van der Waals surface area contributed by atoms with Crippen LogP contribution in [-0.4, -0.2) is 4.98 Å². The van der Waals surface area contributed by atoms with E-state index in [4.69, 9.17) is 0 Å². The Morgan fingerprint density at radius 2 is 1.57 bits per heavy atom. The van der Waals surface area contributed by atoms with E-state index < -0.39 is 23.5 Å². The van der Waals surface area contributed by atoms with Crippen molar-refractivity contribution in [3.63, 3.8) is 0 Å². The molecule has 7 heteroatoms. The Kier molecular flexibility index (Phi) is 2.43. The van der Waals surface area contributed by atoms with Crippen LogP contribution < -0.4 is 0 Å². The van der Waals surface area contributed by atoms with Crippen molar-refractivity contribution < 1.29 is 26.3 Å². The Morgan fingerprint density at radius 3 is 1.93 bits per heavy atom. The highest BCUT2D eigenvalue weighted by Crippen LogP contribution is 2.39. The molecule has 1 rings (SSSR count). The maximum Gasteiger partial charge on any atom is 0.419 e. The predicted molar refractivity (Wildman–Crippen MR) is 33.1 cm³/mol. The van der Waals surface area contributed by atoms with E-state index in [-0.39, 0.29) is 6.07 Å². The molecule has 0 saturated carbocycles. The summed E-state index contributed by atoms with van der Waals surface area (Å²) in [7, 11) is 0. The van der Waals surface area contributed by atoms with Crippen LogP contribution in [0, 0.1) is 6.20 Å². The van der Waals surface area contributed by atoms with Gasteiger partial charge in [-0.05, 0) is 6.07 Å². The Morgan fingerprint density at radius 1 is 1.00 bits per heavy atom. The molecule has 1 aromatic rings. The zero-order valence-corrected chi connectivity index (χ0v) is 6.37. The van der Waals surface area contributed by atoms with Gasteiger partial charge in [-0.2, -0.15) is 26.3 Å². The van der Waals surface area contributed by atoms with E-state index in [1.165, 1.54) is 6.20 Å². The maximum absolute atomic E-state index is 12.0. The molecule has 0 atom stereocenters. The summed E-state index contributed by atoms with van der Waals surface area (Å²) in [5.74, 6) is 0. The first-order chi connectivity index (χ1) is 6.23. The highest BCUT2D eigenvalue weighted by Gasteiger charge is 2.43. The van der Waals surface area contributed by atoms with E-state index >= 15 is 0 Å². The Hall–Kier alpha value is -1.27. The molecule has 0 spiro atoms. The topological polar surface area (TPSA) is 12.9 Å². The smallest absolute Gasteiger partial charge is 0.254 e. The summed E-state index contributed by atoms with van der Waals surface area (Å²) in [4.78, 5) is 2.88. The second kappa shape index (κ2) is 3.14. The molecule has 0 saturated heterocycles. The van der Waals surface area contributed by atoms with Gasteiger partial charge in [-0.1, -0.05) is 0 Å². The van der Waals surface area contributed by atoms with Gasteiger partial charge >= 0.3 is 12.4 Å². The molecular weight excluding hydrogens is 212 g/mol. The molecule has 0 aromatic carbocycles. The molecule has 1 radical (unpaired) electrons. The third kappa shape index (κ3) is 2.15. The van der Waals surface area contributed by atoms with Crippen LogP contribution in [0.4, 0.5) is 26.3 Å². The number of alkyl halides is 6. The van der Waals surface area contributed by atoms with Gasteiger partial charge in [0.2, 0.25) is 0 Å². The minimum absolute atomic E-state index is 0.263. The zero-order chi connectivity index (χ0) is 11.0. The Bertz CT molecular complexity index is 293. The van der Waals surface area contributed by atoms with Crippen LogP contribution in [-0.2, 0) is 12.4 Å². The van der Waals surface area contributed by atoms with E-state index in [9.17, 15) is 26.3 Å². The summed E-state index contributed by atoms with van der Waals surface area (Å²) in [5.41, 5.74) is -3.67. The number of hydrogen-bond donors (Lipinski definition) is 0. The van der Waals surface area contributed by atoms with Gasteiger partial charge in [0, 0.05) is 6.20 Å². The quantitative estimate of drug-likeness (QED) is 0.605. The SMILES string of the molecule is FC(F)(F)c1[c]nccc1C(F)(F)F. The number of pyridine rings is 1. The third-order valence-electron chi connectivity index (χ3n) is 1.35. The van der Waals surface area contributed by atoms with Crippen LogP contribution in [0.2, 0.25) is 0 Å². The van der Waals surface area contributed by atoms with Crippen molar-refractivity contribution >= 4 is 0 Å². The van der Waals surface area contributed by atoms with Gasteiger partial charge in [0.15, 0.2) is 0 Å². The monoisotopic (exact) mass is 214 g/mol. The van der Waals surface area contributed by atoms with E-state index in [1.807, 2.05) is 0 Å². The summed E-state index contributed by atoms with van der Waals surface area (Å²) in [6.07, 6.45) is -8.25. The predicted octanol–water partition coefficient (Wildman–Crippen LogP) is 2.92. The minimum Gasteiger partial charge on any atom is -0.254 e. The molecule has 0 aliphatic heterocycles. The summed E-state index contributed by atoms with van der Waals surface area (Å²) >= 11 is 0. The van der Waals surface area contributed by atoms with Gasteiger partial charge < -0.3 is 0 Å². The fraction of sp³-hybridized carbons (Fsp3) is 0.286. The standard InChI is InChI=1S/C7H2F6N/c8-6(9,10)4-1-2-14-3-5(4)7(11,12)13/h1-2H. The van der Waals surface area contributed by atoms with Gasteiger partial charge in [-0.25, -0.2) is 0 Å². The van der Waals surface area contributed by atoms with Crippen LogP contribution in [0.25, 0.3) is 0 Å². The minimum atomic E-state index is -5.10. The van der Waals surface area contributed by atoms with Crippen molar-refractivity contribution in [2.45, 2.75) is 12.4 Å². The van der Waals surface area contributed by atoms with E-state index in [0.29, 0.717) is 6.20 Å². The second-order valence-electron chi connectivity index (χ2n) is 2.34. The molecular formula is C7H2F6N. The van der Waals surface area contributed by atoms with E-state index in [0.717, 1.165) is 0 Å². The lowest BCUT2D eigenvalue weighted by Gasteiger charge is -2.13. The van der Waals surface area contributed by atoms with Crippen molar-refractivity contribution in [1.29, 1.82) is 0 Å². The van der Waals surface area contributed by atoms with Gasteiger partial charge in [0.1, 0.15) is 6.20 Å². The van der Waals surface area contributed by atoms with Crippen molar-refractivity contribution in [3.05, 3.63) is 29.6 Å². The summed E-state index contributed by atoms with van der Waals surface area (Å²) < 4.78 is 72.1. The van der Waals surface area contributed by atoms with Crippen molar-refractivity contribution in [1.82, 2.24) is 4.98 Å². The van der Waals surface area contributed by atoms with Crippen molar-refractivity contribution in [3.8, 4) is 0 Å². The number of halogens is 6. The fourth-order valence-electron chi connectivity index (χ4n) is 0.809. The van der Waals surface area contributed by atoms with Crippen molar-refractivity contribution in [2.75, 3.05) is 0 Å². The number of rotatable bonds is 0. The molecule has 14 heavy (non-hydrogen) atoms. The lowest BCUT2D eigenvalue weighted by Crippen LogP contribution is -2.16. The average molecular weight is 214 g/mol. The first-order valence-corrected chi connectivity index (χ1v) is 3.24. The van der Waals surface area contributed by atoms with Crippen LogP contribution in [0.5, 0.6) is 0 Å². The molecule has 0 amide bonds. The lowest BCUT2D eigenvalue weighted by atomic mass is 10.1. The van der Waals surface area contributed by atoms with Crippen LogP contribution in [0.15, 0.2) is 12.3 Å². The van der Waals surface area contributed by atoms with Crippen LogP contribution in [0.3, 0.4) is 0 Å². The molecule has 0 unspecified atom stereocenters. The molecule has 1 heterocycles. The summed E-state index contributed by atoms with van der Waals surface area (Å²) in [6.45, 7) is 0.